The highest BCUT2D eigenvalue weighted by Gasteiger charge is 2.09. The number of halogens is 2. The van der Waals surface area contributed by atoms with E-state index in [4.69, 9.17) is 28.3 Å². The van der Waals surface area contributed by atoms with Crippen LogP contribution in [-0.2, 0) is 4.79 Å². The van der Waals surface area contributed by atoms with E-state index in [-0.39, 0.29) is 24.4 Å². The first-order chi connectivity index (χ1) is 13.0. The molecule has 8 nitrogen and oxygen atoms in total. The van der Waals surface area contributed by atoms with Crippen molar-refractivity contribution in [2.24, 2.45) is 0 Å². The van der Waals surface area contributed by atoms with Crippen LogP contribution in [0.2, 0.25) is 10.0 Å². The zero-order valence-electron chi connectivity index (χ0n) is 13.8. The number of nitrogens with one attached hydrogen (secondary N) is 3. The number of nitrogens with zero attached hydrogens (tertiary/aromatic N) is 3. The quantitative estimate of drug-likeness (QED) is 0.464. The molecule has 0 aliphatic carbocycles. The fourth-order valence-electron chi connectivity index (χ4n) is 2.05. The van der Waals surface area contributed by atoms with Crippen LogP contribution in [0.1, 0.15) is 0 Å². The van der Waals surface area contributed by atoms with Crippen LogP contribution < -0.4 is 16.0 Å². The number of carboxylic acids is 1. The lowest BCUT2D eigenvalue weighted by atomic mass is 10.3. The molecule has 10 heteroatoms. The molecule has 4 N–H and O–H groups in total. The molecule has 1 heterocycles. The Morgan fingerprint density at radius 3 is 1.59 bits per heavy atom. The number of aromatic nitrogens is 3. The first kappa shape index (κ1) is 18.7. The predicted octanol–water partition coefficient (Wildman–Crippen LogP) is 4.16. The Labute approximate surface area is 164 Å². The molecule has 0 amide bonds. The van der Waals surface area contributed by atoms with Crippen LogP contribution in [0.3, 0.4) is 0 Å². The number of anilines is 5. The van der Waals surface area contributed by atoms with E-state index in [1.54, 1.807) is 48.5 Å². The molecule has 0 fully saturated rings. The lowest BCUT2D eigenvalue weighted by molar-refractivity contribution is -0.134. The third-order valence-corrected chi connectivity index (χ3v) is 3.74. The summed E-state index contributed by atoms with van der Waals surface area (Å²) in [7, 11) is 0. The van der Waals surface area contributed by atoms with Crippen LogP contribution in [0.4, 0.5) is 29.2 Å². The van der Waals surface area contributed by atoms with Gasteiger partial charge in [0.25, 0.3) is 0 Å². The maximum atomic E-state index is 10.8. The third kappa shape index (κ3) is 5.70. The van der Waals surface area contributed by atoms with Crippen molar-refractivity contribution < 1.29 is 9.90 Å². The minimum atomic E-state index is -1.03. The summed E-state index contributed by atoms with van der Waals surface area (Å²) in [4.78, 5) is 23.5. The van der Waals surface area contributed by atoms with Gasteiger partial charge in [-0.1, -0.05) is 23.2 Å². The minimum absolute atomic E-state index is 0.111. The Morgan fingerprint density at radius 1 is 0.778 bits per heavy atom. The molecule has 0 saturated heterocycles. The van der Waals surface area contributed by atoms with Crippen molar-refractivity contribution in [1.82, 2.24) is 15.0 Å². The summed E-state index contributed by atoms with van der Waals surface area (Å²) >= 11 is 11.8. The SMILES string of the molecule is O=C(O)CNc1nc(Nc2ccc(Cl)cc2)nc(Nc2ccc(Cl)cc2)n1. The molecular weight excluding hydrogens is 391 g/mol. The summed E-state index contributed by atoms with van der Waals surface area (Å²) in [5, 5.41) is 18.7. The van der Waals surface area contributed by atoms with E-state index in [1.165, 1.54) is 0 Å². The van der Waals surface area contributed by atoms with E-state index in [2.05, 4.69) is 30.9 Å². The molecule has 27 heavy (non-hydrogen) atoms. The van der Waals surface area contributed by atoms with E-state index >= 15 is 0 Å². The molecule has 0 unspecified atom stereocenters. The van der Waals surface area contributed by atoms with Crippen molar-refractivity contribution in [3.8, 4) is 0 Å². The van der Waals surface area contributed by atoms with Gasteiger partial charge in [0.2, 0.25) is 17.8 Å². The van der Waals surface area contributed by atoms with Crippen molar-refractivity contribution in [2.75, 3.05) is 22.5 Å². The van der Waals surface area contributed by atoms with Crippen molar-refractivity contribution in [2.45, 2.75) is 0 Å². The molecule has 0 aliphatic rings. The summed E-state index contributed by atoms with van der Waals surface area (Å²) in [5.74, 6) is -0.455. The van der Waals surface area contributed by atoms with Gasteiger partial charge in [-0.15, -0.1) is 0 Å². The molecule has 3 rings (SSSR count). The molecule has 2 aromatic carbocycles. The highest BCUT2D eigenvalue weighted by molar-refractivity contribution is 6.30. The molecule has 3 aromatic rings. The predicted molar refractivity (Wildman–Crippen MR) is 105 cm³/mol. The molecule has 138 valence electrons. The number of rotatable bonds is 7. The van der Waals surface area contributed by atoms with Gasteiger partial charge in [-0.2, -0.15) is 15.0 Å². The van der Waals surface area contributed by atoms with Crippen LogP contribution in [0.15, 0.2) is 48.5 Å². The summed E-state index contributed by atoms with van der Waals surface area (Å²) in [6.07, 6.45) is 0. The first-order valence-electron chi connectivity index (χ1n) is 7.75. The highest BCUT2D eigenvalue weighted by Crippen LogP contribution is 2.21. The molecule has 1 aromatic heterocycles. The van der Waals surface area contributed by atoms with Gasteiger partial charge in [-0.05, 0) is 48.5 Å². The van der Waals surface area contributed by atoms with Gasteiger partial charge in [-0.25, -0.2) is 0 Å². The van der Waals surface area contributed by atoms with Gasteiger partial charge in [0, 0.05) is 21.4 Å². The van der Waals surface area contributed by atoms with Crippen molar-refractivity contribution in [3.05, 3.63) is 58.6 Å². The van der Waals surface area contributed by atoms with Gasteiger partial charge in [0.05, 0.1) is 0 Å². The number of hydrogen-bond acceptors (Lipinski definition) is 7. The van der Waals surface area contributed by atoms with Gasteiger partial charge in [-0.3, -0.25) is 4.79 Å². The number of aliphatic carboxylic acids is 1. The molecular formula is C17H14Cl2N6O2. The first-order valence-corrected chi connectivity index (χ1v) is 8.50. The second-order valence-corrected chi connectivity index (χ2v) is 6.19. The summed E-state index contributed by atoms with van der Waals surface area (Å²) in [6, 6.07) is 14.0. The lowest BCUT2D eigenvalue weighted by Crippen LogP contribution is -2.16. The summed E-state index contributed by atoms with van der Waals surface area (Å²) in [6.45, 7) is -0.329. The van der Waals surface area contributed by atoms with Gasteiger partial charge < -0.3 is 21.1 Å². The van der Waals surface area contributed by atoms with Crippen molar-refractivity contribution in [3.63, 3.8) is 0 Å². The normalized spacial score (nSPS) is 10.3. The molecule has 0 aliphatic heterocycles. The standard InChI is InChI=1S/C17H14Cl2N6O2/c18-10-1-5-12(6-2-10)21-16-23-15(20-9-14(26)27)24-17(25-16)22-13-7-3-11(19)4-8-13/h1-8H,9H2,(H,26,27)(H3,20,21,22,23,24,25). The maximum absolute atomic E-state index is 10.8. The van der Waals surface area contributed by atoms with Crippen molar-refractivity contribution in [1.29, 1.82) is 0 Å². The second-order valence-electron chi connectivity index (χ2n) is 5.32. The van der Waals surface area contributed by atoms with Gasteiger partial charge in [0.15, 0.2) is 0 Å². The number of hydrogen-bond donors (Lipinski definition) is 4. The smallest absolute Gasteiger partial charge is 0.322 e. The zero-order valence-corrected chi connectivity index (χ0v) is 15.3. The van der Waals surface area contributed by atoms with E-state index in [1.807, 2.05) is 0 Å². The third-order valence-electron chi connectivity index (χ3n) is 3.23. The fraction of sp³-hybridized carbons (Fsp3) is 0.0588. The molecule has 0 bridgehead atoms. The number of carboxylic acid groups (broad SMARTS) is 1. The minimum Gasteiger partial charge on any atom is -0.480 e. The summed E-state index contributed by atoms with van der Waals surface area (Å²) in [5.41, 5.74) is 1.43. The van der Waals surface area contributed by atoms with Crippen molar-refractivity contribution >= 4 is 58.4 Å². The Balaban J connectivity index is 1.86. The Bertz CT molecular complexity index is 869. The lowest BCUT2D eigenvalue weighted by Gasteiger charge is -2.11. The number of carbonyl (C=O) groups is 1. The van der Waals surface area contributed by atoms with E-state index in [0.717, 1.165) is 0 Å². The van der Waals surface area contributed by atoms with E-state index in [0.29, 0.717) is 21.4 Å². The van der Waals surface area contributed by atoms with E-state index < -0.39 is 5.97 Å². The molecule has 0 spiro atoms. The van der Waals surface area contributed by atoms with Gasteiger partial charge in [0.1, 0.15) is 6.54 Å². The number of benzene rings is 2. The average molecular weight is 405 g/mol. The molecule has 0 saturated carbocycles. The van der Waals surface area contributed by atoms with Gasteiger partial charge >= 0.3 is 5.97 Å². The molecule has 0 atom stereocenters. The highest BCUT2D eigenvalue weighted by atomic mass is 35.5. The summed E-state index contributed by atoms with van der Waals surface area (Å²) < 4.78 is 0. The Hall–Kier alpha value is -3.10. The van der Waals surface area contributed by atoms with Crippen LogP contribution in [0, 0.1) is 0 Å². The van der Waals surface area contributed by atoms with Crippen LogP contribution >= 0.6 is 23.2 Å². The molecule has 0 radical (unpaired) electrons. The topological polar surface area (TPSA) is 112 Å². The Morgan fingerprint density at radius 2 is 1.19 bits per heavy atom. The maximum Gasteiger partial charge on any atom is 0.322 e. The average Bonchev–Trinajstić information content (AvgIpc) is 2.64. The fourth-order valence-corrected chi connectivity index (χ4v) is 2.30. The van der Waals surface area contributed by atoms with Crippen LogP contribution in [0.25, 0.3) is 0 Å². The van der Waals surface area contributed by atoms with E-state index in [9.17, 15) is 4.79 Å². The van der Waals surface area contributed by atoms with Crippen LogP contribution in [-0.4, -0.2) is 32.6 Å². The zero-order chi connectivity index (χ0) is 19.2. The second kappa shape index (κ2) is 8.52. The monoisotopic (exact) mass is 404 g/mol. The Kier molecular flexibility index (Phi) is 5.90. The van der Waals surface area contributed by atoms with Crippen LogP contribution in [0.5, 0.6) is 0 Å². The largest absolute Gasteiger partial charge is 0.480 e.